The van der Waals surface area contributed by atoms with Crippen LogP contribution in [0.5, 0.6) is 0 Å². The van der Waals surface area contributed by atoms with E-state index in [-0.39, 0.29) is 22.4 Å². The van der Waals surface area contributed by atoms with Crippen molar-refractivity contribution in [3.63, 3.8) is 0 Å². The molecule has 102 valence electrons. The van der Waals surface area contributed by atoms with Gasteiger partial charge in [0, 0.05) is 23.9 Å². The Morgan fingerprint density at radius 1 is 1.00 bits per heavy atom. The Morgan fingerprint density at radius 2 is 1.35 bits per heavy atom. The Kier molecular flexibility index (Phi) is 8.28. The first-order chi connectivity index (χ1) is 7.51. The number of carbonyl (C=O) groups is 2. The van der Waals surface area contributed by atoms with Crippen molar-refractivity contribution in [2.75, 3.05) is 20.1 Å². The summed E-state index contributed by atoms with van der Waals surface area (Å²) in [4.78, 5) is 21.4. The molecule has 4 heteroatoms. The van der Waals surface area contributed by atoms with Crippen molar-refractivity contribution in [3.8, 4) is 0 Å². The highest BCUT2D eigenvalue weighted by molar-refractivity contribution is 5.82. The van der Waals surface area contributed by atoms with E-state index < -0.39 is 0 Å². The van der Waals surface area contributed by atoms with Gasteiger partial charge in [-0.2, -0.15) is 0 Å². The van der Waals surface area contributed by atoms with E-state index in [1.807, 2.05) is 34.7 Å². The first-order valence-corrected chi connectivity index (χ1v) is 5.88. The van der Waals surface area contributed by atoms with Crippen LogP contribution in [0.1, 0.15) is 41.5 Å². The van der Waals surface area contributed by atoms with Gasteiger partial charge in [0.1, 0.15) is 11.6 Å². The smallest absolute Gasteiger partial charge is 0.136 e. The molecule has 0 aromatic rings. The van der Waals surface area contributed by atoms with Crippen LogP contribution in [0, 0.1) is 10.8 Å². The summed E-state index contributed by atoms with van der Waals surface area (Å²) in [5.41, 5.74) is 4.77. The van der Waals surface area contributed by atoms with Crippen molar-refractivity contribution < 1.29 is 9.59 Å². The van der Waals surface area contributed by atoms with Gasteiger partial charge in [0.15, 0.2) is 0 Å². The standard InChI is InChI=1S/C7H15NO.C6H13NO/c1-6(9)7(2,3)5-8-4;1-5(8)6(2,3)4-7/h8H,5H2,1-4H3;4,7H2,1-3H3. The van der Waals surface area contributed by atoms with Crippen molar-refractivity contribution >= 4 is 11.6 Å². The molecule has 0 atom stereocenters. The molecule has 0 bridgehead atoms. The molecule has 0 radical (unpaired) electrons. The summed E-state index contributed by atoms with van der Waals surface area (Å²) < 4.78 is 0. The van der Waals surface area contributed by atoms with E-state index in [0.717, 1.165) is 6.54 Å². The molecule has 0 aliphatic rings. The highest BCUT2D eigenvalue weighted by Crippen LogP contribution is 2.13. The van der Waals surface area contributed by atoms with Crippen molar-refractivity contribution in [1.29, 1.82) is 0 Å². The number of carbonyl (C=O) groups excluding carboxylic acids is 2. The minimum Gasteiger partial charge on any atom is -0.329 e. The molecule has 0 aromatic heterocycles. The van der Waals surface area contributed by atoms with Crippen molar-refractivity contribution in [2.45, 2.75) is 41.5 Å². The summed E-state index contributed by atoms with van der Waals surface area (Å²) in [6.07, 6.45) is 0. The maximum atomic E-state index is 10.8. The predicted octanol–water partition coefficient (Wildman–Crippen LogP) is 1.38. The number of hydrogen-bond donors (Lipinski definition) is 2. The van der Waals surface area contributed by atoms with Crippen molar-refractivity contribution in [1.82, 2.24) is 5.32 Å². The lowest BCUT2D eigenvalue weighted by Crippen LogP contribution is -2.32. The number of nitrogens with two attached hydrogens (primary N) is 1. The highest BCUT2D eigenvalue weighted by atomic mass is 16.1. The fraction of sp³-hybridized carbons (Fsp3) is 0.846. The molecule has 17 heavy (non-hydrogen) atoms. The normalized spacial score (nSPS) is 11.5. The third-order valence-electron chi connectivity index (χ3n) is 3.04. The van der Waals surface area contributed by atoms with E-state index in [1.165, 1.54) is 0 Å². The van der Waals surface area contributed by atoms with Gasteiger partial charge in [0.05, 0.1) is 0 Å². The zero-order chi connectivity index (χ0) is 14.3. The summed E-state index contributed by atoms with van der Waals surface area (Å²) in [6, 6.07) is 0. The lowest BCUT2D eigenvalue weighted by molar-refractivity contribution is -0.125. The fourth-order valence-corrected chi connectivity index (χ4v) is 0.710. The van der Waals surface area contributed by atoms with Crippen LogP contribution < -0.4 is 11.1 Å². The van der Waals surface area contributed by atoms with E-state index in [4.69, 9.17) is 5.73 Å². The van der Waals surface area contributed by atoms with Gasteiger partial charge >= 0.3 is 0 Å². The Morgan fingerprint density at radius 3 is 1.41 bits per heavy atom. The molecule has 0 unspecified atom stereocenters. The molecule has 0 fully saturated rings. The van der Waals surface area contributed by atoms with Crippen molar-refractivity contribution in [3.05, 3.63) is 0 Å². The minimum atomic E-state index is -0.319. The molecule has 0 spiro atoms. The van der Waals surface area contributed by atoms with Crippen LogP contribution >= 0.6 is 0 Å². The summed E-state index contributed by atoms with van der Waals surface area (Å²) in [5.74, 6) is 0.386. The molecule has 0 saturated carbocycles. The highest BCUT2D eigenvalue weighted by Gasteiger charge is 2.21. The van der Waals surface area contributed by atoms with Crippen LogP contribution in [0.4, 0.5) is 0 Å². The van der Waals surface area contributed by atoms with E-state index in [9.17, 15) is 9.59 Å². The molecular weight excluding hydrogens is 216 g/mol. The Labute approximate surface area is 105 Å². The van der Waals surface area contributed by atoms with Crippen LogP contribution in [0.3, 0.4) is 0 Å². The molecule has 0 saturated heterocycles. The quantitative estimate of drug-likeness (QED) is 0.766. The Bertz CT molecular complexity index is 258. The number of ketones is 2. The Hall–Kier alpha value is -0.740. The summed E-state index contributed by atoms with van der Waals surface area (Å²) in [7, 11) is 1.85. The van der Waals surface area contributed by atoms with Crippen LogP contribution in [0.2, 0.25) is 0 Å². The second-order valence-corrected chi connectivity index (χ2v) is 5.61. The van der Waals surface area contributed by atoms with Gasteiger partial charge in [-0.1, -0.05) is 27.7 Å². The van der Waals surface area contributed by atoms with Crippen molar-refractivity contribution in [2.24, 2.45) is 16.6 Å². The van der Waals surface area contributed by atoms with Gasteiger partial charge in [-0.3, -0.25) is 9.59 Å². The van der Waals surface area contributed by atoms with E-state index in [0.29, 0.717) is 6.54 Å². The van der Waals surface area contributed by atoms with Gasteiger partial charge < -0.3 is 11.1 Å². The third kappa shape index (κ3) is 8.05. The summed E-state index contributed by atoms with van der Waals surface area (Å²) >= 11 is 0. The summed E-state index contributed by atoms with van der Waals surface area (Å²) in [5, 5.41) is 2.97. The number of nitrogens with one attached hydrogen (secondary N) is 1. The molecule has 0 aromatic carbocycles. The van der Waals surface area contributed by atoms with E-state index in [2.05, 4.69) is 5.32 Å². The molecule has 4 nitrogen and oxygen atoms in total. The zero-order valence-electron chi connectivity index (χ0n) is 12.3. The zero-order valence-corrected chi connectivity index (χ0v) is 12.3. The maximum Gasteiger partial charge on any atom is 0.136 e. The van der Waals surface area contributed by atoms with Gasteiger partial charge in [-0.05, 0) is 20.9 Å². The van der Waals surface area contributed by atoms with Gasteiger partial charge in [0.25, 0.3) is 0 Å². The SMILES string of the molecule is CC(=O)C(C)(C)CN.CNCC(C)(C)C(C)=O. The van der Waals surface area contributed by atoms with Gasteiger partial charge in [-0.15, -0.1) is 0 Å². The number of Topliss-reactive ketones (excluding diaryl/α,β-unsaturated/α-hetero) is 2. The molecular formula is C13H28N2O2. The van der Waals surface area contributed by atoms with Crippen LogP contribution in [-0.2, 0) is 9.59 Å². The van der Waals surface area contributed by atoms with Crippen LogP contribution in [0.25, 0.3) is 0 Å². The fourth-order valence-electron chi connectivity index (χ4n) is 0.710. The third-order valence-corrected chi connectivity index (χ3v) is 3.04. The second kappa shape index (κ2) is 7.56. The molecule has 0 heterocycles. The predicted molar refractivity (Wildman–Crippen MR) is 71.9 cm³/mol. The monoisotopic (exact) mass is 244 g/mol. The molecule has 0 rings (SSSR count). The minimum absolute atomic E-state index is 0.153. The molecule has 0 aliphatic carbocycles. The average molecular weight is 244 g/mol. The molecule has 0 amide bonds. The molecule has 0 aliphatic heterocycles. The Balaban J connectivity index is 0. The van der Waals surface area contributed by atoms with Crippen LogP contribution in [-0.4, -0.2) is 31.7 Å². The lowest BCUT2D eigenvalue weighted by Gasteiger charge is -2.19. The van der Waals surface area contributed by atoms with E-state index >= 15 is 0 Å². The molecule has 3 N–H and O–H groups in total. The summed E-state index contributed by atoms with van der Waals surface area (Å²) in [6.45, 7) is 11.9. The number of rotatable bonds is 5. The maximum absolute atomic E-state index is 10.8. The van der Waals surface area contributed by atoms with Gasteiger partial charge in [-0.25, -0.2) is 0 Å². The van der Waals surface area contributed by atoms with Gasteiger partial charge in [0.2, 0.25) is 0 Å². The first-order valence-electron chi connectivity index (χ1n) is 5.88. The van der Waals surface area contributed by atoms with Crippen LogP contribution in [0.15, 0.2) is 0 Å². The number of hydrogen-bond acceptors (Lipinski definition) is 4. The second-order valence-electron chi connectivity index (χ2n) is 5.61. The van der Waals surface area contributed by atoms with E-state index in [1.54, 1.807) is 13.8 Å². The first kappa shape index (κ1) is 18.6. The largest absolute Gasteiger partial charge is 0.329 e. The topological polar surface area (TPSA) is 72.2 Å². The average Bonchev–Trinajstić information content (AvgIpc) is 2.18. The lowest BCUT2D eigenvalue weighted by atomic mass is 9.89.